The highest BCUT2D eigenvalue weighted by molar-refractivity contribution is 5.79. The molecule has 0 saturated carbocycles. The number of halogens is 3. The number of rotatable bonds is 6. The monoisotopic (exact) mass is 317 g/mol. The lowest BCUT2D eigenvalue weighted by atomic mass is 10.1. The lowest BCUT2D eigenvalue weighted by Gasteiger charge is -2.15. The van der Waals surface area contributed by atoms with Crippen molar-refractivity contribution in [2.45, 2.75) is 33.0 Å². The van der Waals surface area contributed by atoms with Gasteiger partial charge in [-0.3, -0.25) is 4.99 Å². The summed E-state index contributed by atoms with van der Waals surface area (Å²) >= 11 is 0. The molecule has 0 aliphatic heterocycles. The molecular weight excluding hydrogens is 295 g/mol. The maximum absolute atomic E-state index is 12.1. The minimum atomic E-state index is -4.18. The summed E-state index contributed by atoms with van der Waals surface area (Å²) in [6.07, 6.45) is -5.08. The van der Waals surface area contributed by atoms with Crippen molar-refractivity contribution in [3.05, 3.63) is 29.3 Å². The van der Waals surface area contributed by atoms with Crippen LogP contribution in [0.5, 0.6) is 5.75 Å². The van der Waals surface area contributed by atoms with E-state index < -0.39 is 12.6 Å². The molecule has 1 aromatic carbocycles. The lowest BCUT2D eigenvalue weighted by Crippen LogP contribution is -2.38. The van der Waals surface area contributed by atoms with Gasteiger partial charge in [0.2, 0.25) is 0 Å². The molecule has 0 aliphatic carbocycles. The van der Waals surface area contributed by atoms with Crippen molar-refractivity contribution in [3.8, 4) is 5.75 Å². The fraction of sp³-hybridized carbons (Fsp3) is 0.533. The maximum Gasteiger partial charge on any atom is 0.390 e. The zero-order valence-corrected chi connectivity index (χ0v) is 13.0. The number of hydrogen-bond acceptors (Lipinski definition) is 2. The third kappa shape index (κ3) is 6.69. The number of aliphatic imine (C=N–C) groups is 1. The molecule has 0 fully saturated rings. The number of nitrogens with zero attached hydrogens (tertiary/aromatic N) is 1. The van der Waals surface area contributed by atoms with Gasteiger partial charge in [-0.1, -0.05) is 12.1 Å². The van der Waals surface area contributed by atoms with E-state index in [1.165, 1.54) is 7.05 Å². The molecule has 0 radical (unpaired) electrons. The van der Waals surface area contributed by atoms with Crippen molar-refractivity contribution in [1.29, 1.82) is 0 Å². The first-order chi connectivity index (χ1) is 10.4. The minimum absolute atomic E-state index is 0.213. The van der Waals surface area contributed by atoms with E-state index in [0.717, 1.165) is 16.9 Å². The topological polar surface area (TPSA) is 45.6 Å². The molecule has 0 aromatic heterocycles. The molecule has 0 saturated heterocycles. The number of benzene rings is 1. The van der Waals surface area contributed by atoms with Gasteiger partial charge in [0.25, 0.3) is 0 Å². The Kier molecular flexibility index (Phi) is 7.01. The van der Waals surface area contributed by atoms with Crippen LogP contribution >= 0.6 is 0 Å². The molecule has 4 nitrogen and oxygen atoms in total. The number of alkyl halides is 3. The molecular formula is C15H22F3N3O. The Morgan fingerprint density at radius 3 is 2.59 bits per heavy atom. The molecule has 7 heteroatoms. The van der Waals surface area contributed by atoms with Gasteiger partial charge in [-0.25, -0.2) is 0 Å². The molecule has 0 spiro atoms. The molecule has 0 bridgehead atoms. The van der Waals surface area contributed by atoms with Gasteiger partial charge in [0.05, 0.1) is 13.0 Å². The van der Waals surface area contributed by atoms with Crippen LogP contribution in [0.1, 0.15) is 24.5 Å². The number of ether oxygens (including phenoxy) is 1. The van der Waals surface area contributed by atoms with Gasteiger partial charge in [0.15, 0.2) is 5.96 Å². The van der Waals surface area contributed by atoms with Gasteiger partial charge in [-0.05, 0) is 25.5 Å². The van der Waals surface area contributed by atoms with Crippen LogP contribution in [-0.4, -0.2) is 32.3 Å². The first-order valence-corrected chi connectivity index (χ1v) is 7.09. The van der Waals surface area contributed by atoms with Crippen molar-refractivity contribution in [2.24, 2.45) is 4.99 Å². The first-order valence-electron chi connectivity index (χ1n) is 7.09. The molecule has 1 aromatic rings. The van der Waals surface area contributed by atoms with Crippen molar-refractivity contribution in [2.75, 3.05) is 20.2 Å². The number of aryl methyl sites for hydroxylation is 1. The van der Waals surface area contributed by atoms with Gasteiger partial charge in [0.1, 0.15) is 5.75 Å². The van der Waals surface area contributed by atoms with Crippen molar-refractivity contribution in [1.82, 2.24) is 10.6 Å². The predicted molar refractivity (Wildman–Crippen MR) is 81.2 cm³/mol. The molecule has 124 valence electrons. The Bertz CT molecular complexity index is 501. The van der Waals surface area contributed by atoms with Crippen LogP contribution in [0.25, 0.3) is 0 Å². The SMILES string of the molecule is CCOc1cc(C)ccc1CNC(=NC)NCCC(F)(F)F. The Morgan fingerprint density at radius 1 is 1.27 bits per heavy atom. The molecule has 0 heterocycles. The summed E-state index contributed by atoms with van der Waals surface area (Å²) < 4.78 is 41.9. The summed E-state index contributed by atoms with van der Waals surface area (Å²) in [4.78, 5) is 3.90. The van der Waals surface area contributed by atoms with E-state index in [4.69, 9.17) is 4.74 Å². The van der Waals surface area contributed by atoms with Crippen LogP contribution in [0.3, 0.4) is 0 Å². The van der Waals surface area contributed by atoms with Gasteiger partial charge in [-0.2, -0.15) is 13.2 Å². The van der Waals surface area contributed by atoms with Gasteiger partial charge in [0, 0.05) is 25.7 Å². The summed E-state index contributed by atoms with van der Waals surface area (Å²) in [7, 11) is 1.52. The normalized spacial score (nSPS) is 12.2. The average Bonchev–Trinajstić information content (AvgIpc) is 2.43. The Hall–Kier alpha value is -1.92. The number of hydrogen-bond donors (Lipinski definition) is 2. The third-order valence-electron chi connectivity index (χ3n) is 2.89. The van der Waals surface area contributed by atoms with Gasteiger partial charge >= 0.3 is 6.18 Å². The summed E-state index contributed by atoms with van der Waals surface area (Å²) in [6.45, 7) is 4.63. The average molecular weight is 317 g/mol. The summed E-state index contributed by atoms with van der Waals surface area (Å²) in [5.41, 5.74) is 2.01. The fourth-order valence-electron chi connectivity index (χ4n) is 1.82. The van der Waals surface area contributed by atoms with E-state index in [0.29, 0.717) is 19.1 Å². The summed E-state index contributed by atoms with van der Waals surface area (Å²) in [5.74, 6) is 1.09. The second-order valence-corrected chi connectivity index (χ2v) is 4.76. The largest absolute Gasteiger partial charge is 0.494 e. The van der Waals surface area contributed by atoms with E-state index in [-0.39, 0.29) is 6.54 Å². The number of nitrogens with one attached hydrogen (secondary N) is 2. The highest BCUT2D eigenvalue weighted by atomic mass is 19.4. The van der Waals surface area contributed by atoms with Crippen LogP contribution in [-0.2, 0) is 6.54 Å². The second-order valence-electron chi connectivity index (χ2n) is 4.76. The van der Waals surface area contributed by atoms with Crippen LogP contribution in [0, 0.1) is 6.92 Å². The second kappa shape index (κ2) is 8.51. The van der Waals surface area contributed by atoms with Gasteiger partial charge in [-0.15, -0.1) is 0 Å². The summed E-state index contributed by atoms with van der Waals surface area (Å²) in [6, 6.07) is 5.82. The highest BCUT2D eigenvalue weighted by Gasteiger charge is 2.26. The van der Waals surface area contributed by atoms with Gasteiger partial charge < -0.3 is 15.4 Å². The number of guanidine groups is 1. The smallest absolute Gasteiger partial charge is 0.390 e. The first kappa shape index (κ1) is 18.1. The molecule has 0 unspecified atom stereocenters. The zero-order chi connectivity index (χ0) is 16.6. The predicted octanol–water partition coefficient (Wildman–Crippen LogP) is 3.01. The highest BCUT2D eigenvalue weighted by Crippen LogP contribution is 2.20. The minimum Gasteiger partial charge on any atom is -0.494 e. The molecule has 0 atom stereocenters. The van der Waals surface area contributed by atoms with Crippen molar-refractivity contribution in [3.63, 3.8) is 0 Å². The maximum atomic E-state index is 12.1. The van der Waals surface area contributed by atoms with E-state index in [2.05, 4.69) is 15.6 Å². The molecule has 0 aliphatic rings. The third-order valence-corrected chi connectivity index (χ3v) is 2.89. The van der Waals surface area contributed by atoms with Crippen LogP contribution < -0.4 is 15.4 Å². The van der Waals surface area contributed by atoms with E-state index in [9.17, 15) is 13.2 Å². The quantitative estimate of drug-likeness (QED) is 0.626. The zero-order valence-electron chi connectivity index (χ0n) is 13.0. The Labute approximate surface area is 128 Å². The van der Waals surface area contributed by atoms with E-state index in [1.807, 2.05) is 32.0 Å². The molecule has 2 N–H and O–H groups in total. The Balaban J connectivity index is 2.56. The molecule has 22 heavy (non-hydrogen) atoms. The summed E-state index contributed by atoms with van der Waals surface area (Å²) in [5, 5.41) is 5.62. The van der Waals surface area contributed by atoms with Crippen LogP contribution in [0.4, 0.5) is 13.2 Å². The molecule has 1 rings (SSSR count). The van der Waals surface area contributed by atoms with E-state index >= 15 is 0 Å². The van der Waals surface area contributed by atoms with Crippen molar-refractivity contribution < 1.29 is 17.9 Å². The van der Waals surface area contributed by atoms with Crippen LogP contribution in [0.2, 0.25) is 0 Å². The fourth-order valence-corrected chi connectivity index (χ4v) is 1.82. The lowest BCUT2D eigenvalue weighted by molar-refractivity contribution is -0.132. The van der Waals surface area contributed by atoms with Crippen LogP contribution in [0.15, 0.2) is 23.2 Å². The van der Waals surface area contributed by atoms with E-state index in [1.54, 1.807) is 0 Å². The standard InChI is InChI=1S/C15H22F3N3O/c1-4-22-13-9-11(2)5-6-12(13)10-21-14(19-3)20-8-7-15(16,17)18/h5-6,9H,4,7-8,10H2,1-3H3,(H2,19,20,21). The van der Waals surface area contributed by atoms with Crippen molar-refractivity contribution >= 4 is 5.96 Å². The Morgan fingerprint density at radius 2 is 2.00 bits per heavy atom. The molecule has 0 amide bonds.